The fraction of sp³-hybridized carbons (Fsp3) is 0.196. The number of aromatic nitrogens is 4. The van der Waals surface area contributed by atoms with Crippen LogP contribution in [0.1, 0.15) is 97.6 Å². The lowest BCUT2D eigenvalue weighted by atomic mass is 9.37. The minimum absolute atomic E-state index is 0.477. The van der Waals surface area contributed by atoms with Crippen LogP contribution in [0.3, 0.4) is 0 Å². The Labute approximate surface area is 565 Å². The molecule has 8 aliphatic carbocycles. The first-order valence-corrected chi connectivity index (χ1v) is 36.8. The van der Waals surface area contributed by atoms with Crippen LogP contribution in [0.4, 0.5) is 0 Å². The summed E-state index contributed by atoms with van der Waals surface area (Å²) in [5.41, 5.74) is 23.6. The van der Waals surface area contributed by atoms with Crippen LogP contribution in [0.25, 0.3) is 218 Å². The first-order chi connectivity index (χ1) is 49.5. The van der Waals surface area contributed by atoms with Crippen molar-refractivity contribution in [3.05, 3.63) is 205 Å². The van der Waals surface area contributed by atoms with Crippen molar-refractivity contribution in [2.24, 2.45) is 34.5 Å². The van der Waals surface area contributed by atoms with Crippen molar-refractivity contribution in [1.29, 1.82) is 0 Å². The SMILES string of the molecule is c1ccc2cc3c(cc2c1)oc1c3cc2c3c4c(ncc3n3c2c1c1c2oc5ccccc5c2c2cc(-c5ccc6cc7oc8c(cc9c%10c%11oc%12ccccc%12c%11c%11ccccc%11c%10n%10c%11cnc%12c(c%11c8c9%10)C8CC9CC%10CC%12C9%10C8)c7cc6c5)ccc2c13)C1CC2CC3CC4CC321. The van der Waals surface area contributed by atoms with E-state index in [9.17, 15) is 0 Å². The summed E-state index contributed by atoms with van der Waals surface area (Å²) < 4.78 is 34.6. The molecule has 0 saturated heterocycles. The summed E-state index contributed by atoms with van der Waals surface area (Å²) in [6.07, 6.45) is 15.1. The Morgan fingerprint density at radius 1 is 0.310 bits per heavy atom. The first kappa shape index (κ1) is 49.3. The molecule has 4 bridgehead atoms. The molecule has 100 heavy (non-hydrogen) atoms. The normalized spacial score (nSPS) is 25.6. The number of hydrogen-bond acceptors (Lipinski definition) is 6. The highest BCUT2D eigenvalue weighted by molar-refractivity contribution is 6.44. The van der Waals surface area contributed by atoms with Crippen LogP contribution in [0.5, 0.6) is 0 Å². The number of para-hydroxylation sites is 2. The van der Waals surface area contributed by atoms with E-state index >= 15 is 0 Å². The lowest BCUT2D eigenvalue weighted by Gasteiger charge is -2.67. The van der Waals surface area contributed by atoms with Crippen LogP contribution in [0, 0.1) is 34.5 Å². The van der Waals surface area contributed by atoms with Crippen molar-refractivity contribution < 1.29 is 17.7 Å². The molecule has 10 unspecified atom stereocenters. The predicted molar refractivity (Wildman–Crippen MR) is 403 cm³/mol. The summed E-state index contributed by atoms with van der Waals surface area (Å²) in [4.78, 5) is 11.3. The third kappa shape index (κ3) is 4.96. The van der Waals surface area contributed by atoms with Gasteiger partial charge in [0.05, 0.1) is 67.0 Å². The van der Waals surface area contributed by atoms with Crippen molar-refractivity contribution in [3.63, 3.8) is 0 Å². The summed E-state index contributed by atoms with van der Waals surface area (Å²) >= 11 is 0. The molecule has 10 heterocycles. The van der Waals surface area contributed by atoms with Crippen LogP contribution in [-0.4, -0.2) is 18.8 Å². The molecule has 22 aromatic rings. The summed E-state index contributed by atoms with van der Waals surface area (Å²) in [5.74, 6) is 5.57. The first-order valence-electron chi connectivity index (χ1n) is 36.8. The van der Waals surface area contributed by atoms with Crippen LogP contribution in [0.2, 0.25) is 0 Å². The molecule has 466 valence electrons. The Morgan fingerprint density at radius 3 is 1.45 bits per heavy atom. The van der Waals surface area contributed by atoms with Crippen LogP contribution < -0.4 is 0 Å². The van der Waals surface area contributed by atoms with E-state index in [-0.39, 0.29) is 0 Å². The zero-order valence-corrected chi connectivity index (χ0v) is 54.0. The minimum Gasteiger partial charge on any atom is -0.455 e. The molecular formula is C92H54N4O4. The van der Waals surface area contributed by atoms with Gasteiger partial charge in [-0.2, -0.15) is 0 Å². The third-order valence-corrected chi connectivity index (χ3v) is 29.7. The van der Waals surface area contributed by atoms with E-state index in [1.807, 2.05) is 0 Å². The van der Waals surface area contributed by atoms with Crippen molar-refractivity contribution in [2.45, 2.75) is 75.0 Å². The van der Waals surface area contributed by atoms with E-state index in [4.69, 9.17) is 27.6 Å². The Morgan fingerprint density at radius 2 is 0.780 bits per heavy atom. The number of benzene rings is 12. The number of rotatable bonds is 1. The lowest BCUT2D eigenvalue weighted by molar-refractivity contribution is -0.147. The fourth-order valence-electron chi connectivity index (χ4n) is 26.0. The molecule has 12 aromatic carbocycles. The molecule has 0 radical (unpaired) electrons. The Hall–Kier alpha value is -11.2. The van der Waals surface area contributed by atoms with Gasteiger partial charge in [-0.3, -0.25) is 9.97 Å². The zero-order valence-electron chi connectivity index (χ0n) is 54.0. The molecule has 8 aliphatic rings. The highest BCUT2D eigenvalue weighted by Gasteiger charge is 2.74. The highest BCUT2D eigenvalue weighted by atomic mass is 16.3. The molecule has 8 nitrogen and oxygen atoms in total. The van der Waals surface area contributed by atoms with Gasteiger partial charge in [-0.1, -0.05) is 109 Å². The number of furan rings is 4. The van der Waals surface area contributed by atoms with Crippen molar-refractivity contribution in [3.8, 4) is 11.1 Å². The van der Waals surface area contributed by atoms with E-state index < -0.39 is 0 Å². The van der Waals surface area contributed by atoms with Gasteiger partial charge in [0, 0.05) is 98.6 Å². The molecule has 6 fully saturated rings. The second kappa shape index (κ2) is 15.5. The molecule has 0 amide bonds. The molecule has 6 saturated carbocycles. The van der Waals surface area contributed by atoms with Gasteiger partial charge in [0.25, 0.3) is 0 Å². The summed E-state index contributed by atoms with van der Waals surface area (Å²) in [5, 5.41) is 28.6. The molecular weight excluding hydrogens is 1230 g/mol. The van der Waals surface area contributed by atoms with Gasteiger partial charge < -0.3 is 26.5 Å². The highest BCUT2D eigenvalue weighted by Crippen LogP contribution is 2.83. The number of nitrogens with zero attached hydrogens (tertiary/aromatic N) is 4. The molecule has 10 atom stereocenters. The summed E-state index contributed by atoms with van der Waals surface area (Å²) in [6.45, 7) is 0. The minimum atomic E-state index is 0.477. The van der Waals surface area contributed by atoms with Gasteiger partial charge in [0.15, 0.2) is 0 Å². The third-order valence-electron chi connectivity index (χ3n) is 29.7. The van der Waals surface area contributed by atoms with E-state index in [2.05, 4.69) is 191 Å². The topological polar surface area (TPSA) is 87.2 Å². The van der Waals surface area contributed by atoms with E-state index in [0.717, 1.165) is 144 Å². The quantitative estimate of drug-likeness (QED) is 0.163. The van der Waals surface area contributed by atoms with Crippen molar-refractivity contribution in [1.82, 2.24) is 18.8 Å². The van der Waals surface area contributed by atoms with Crippen LogP contribution in [-0.2, 0) is 0 Å². The van der Waals surface area contributed by atoms with Gasteiger partial charge in [-0.25, -0.2) is 0 Å². The van der Waals surface area contributed by atoms with Gasteiger partial charge in [-0.05, 0) is 213 Å². The predicted octanol–water partition coefficient (Wildman–Crippen LogP) is 24.7. The van der Waals surface area contributed by atoms with Gasteiger partial charge in [-0.15, -0.1) is 0 Å². The fourth-order valence-corrected chi connectivity index (χ4v) is 26.0. The molecule has 8 heteroatoms. The lowest BCUT2D eigenvalue weighted by Crippen LogP contribution is -2.59. The zero-order chi connectivity index (χ0) is 63.3. The van der Waals surface area contributed by atoms with E-state index in [1.54, 1.807) is 5.56 Å². The second-order valence-corrected chi connectivity index (χ2v) is 32.9. The van der Waals surface area contributed by atoms with Gasteiger partial charge in [0.2, 0.25) is 0 Å². The summed E-state index contributed by atoms with van der Waals surface area (Å²) in [6, 6.07) is 63.7. The summed E-state index contributed by atoms with van der Waals surface area (Å²) in [7, 11) is 0. The van der Waals surface area contributed by atoms with E-state index in [0.29, 0.717) is 34.5 Å². The maximum Gasteiger partial charge on any atom is 0.146 e. The van der Waals surface area contributed by atoms with Crippen LogP contribution in [0.15, 0.2) is 200 Å². The smallest absolute Gasteiger partial charge is 0.146 e. The molecule has 30 rings (SSSR count). The number of pyridine rings is 2. The molecule has 0 aliphatic heterocycles. The Balaban J connectivity index is 0.686. The second-order valence-electron chi connectivity index (χ2n) is 32.9. The van der Waals surface area contributed by atoms with Crippen molar-refractivity contribution in [2.75, 3.05) is 0 Å². The maximum atomic E-state index is 7.53. The standard InChI is InChI=1S/C92H54N4O4/c1-2-10-40-27-69-56(24-39(40)9-1)59-33-61-75-65(37-93-81-63-31-49-29-47-22-45(71(75)81)35-91(47,49)63)95-84-53-20-19-42(25-58(53)74-55-14-6-8-16-68(55)98-90(74)80(84)79(85(61)95)88(59)100-69)41-17-18-43-28-70-57(26-44(43)21-41)60-34-62-76-83(52-12-4-3-11-51(52)73-54-13-5-7-15-67(54)97-89(73)76)96-66-38-94-82-64-32-50-30-48-23-46(36-92(48,50)64)72(82)77(66)78(86(62)96)87(60)99-70/h1-21,24-28,33-34,37-38,45-50,63-64H,22-23,29-32,35-36H2. The van der Waals surface area contributed by atoms with E-state index in [1.165, 1.54) is 166 Å². The Kier molecular flexibility index (Phi) is 7.62. The Bertz CT molecular complexity index is 7900. The number of hydrogen-bond donors (Lipinski definition) is 0. The molecule has 2 spiro atoms. The van der Waals surface area contributed by atoms with Crippen molar-refractivity contribution >= 4 is 207 Å². The number of fused-ring (bicyclic) bond motifs is 46. The van der Waals surface area contributed by atoms with Gasteiger partial charge >= 0.3 is 0 Å². The van der Waals surface area contributed by atoms with Crippen LogP contribution >= 0.6 is 0 Å². The maximum absolute atomic E-state index is 7.53. The average Bonchev–Trinajstić information content (AvgIpc) is 1.46. The molecule has 0 N–H and O–H groups in total. The monoisotopic (exact) mass is 1280 g/mol. The largest absolute Gasteiger partial charge is 0.455 e. The van der Waals surface area contributed by atoms with Gasteiger partial charge in [0.1, 0.15) is 44.7 Å². The molecule has 10 aromatic heterocycles. The average molecular weight is 1280 g/mol.